The van der Waals surface area contributed by atoms with E-state index in [1.165, 1.54) is 283 Å². The smallest absolute Gasteiger partial charge is 0.305 e. The molecule has 0 aromatic carbocycles. The summed E-state index contributed by atoms with van der Waals surface area (Å²) in [7, 11) is 0. The number of hydrogen-bond donors (Lipinski definition) is 3. The average Bonchev–Trinajstić information content (AvgIpc) is 3.39. The Bertz CT molecular complexity index is 1140. The van der Waals surface area contributed by atoms with Crippen molar-refractivity contribution in [2.24, 2.45) is 0 Å². The molecule has 0 saturated heterocycles. The number of esters is 1. The molecular formula is C67H129NO5. The molecule has 432 valence electrons. The number of aliphatic hydroxyl groups excluding tert-OH is 2. The fourth-order valence-corrected chi connectivity index (χ4v) is 10.4. The monoisotopic (exact) mass is 1030 g/mol. The first kappa shape index (κ1) is 71.3. The largest absolute Gasteiger partial charge is 0.466 e. The first-order valence-electron chi connectivity index (χ1n) is 33.1. The predicted molar refractivity (Wildman–Crippen MR) is 320 cm³/mol. The number of hydrogen-bond acceptors (Lipinski definition) is 5. The van der Waals surface area contributed by atoms with Crippen LogP contribution in [0, 0.1) is 0 Å². The molecule has 2 unspecified atom stereocenters. The highest BCUT2D eigenvalue weighted by Crippen LogP contribution is 2.18. The quantitative estimate of drug-likeness (QED) is 0.0320. The first-order valence-corrected chi connectivity index (χ1v) is 33.1. The van der Waals surface area contributed by atoms with Crippen molar-refractivity contribution in [1.29, 1.82) is 0 Å². The van der Waals surface area contributed by atoms with Crippen LogP contribution in [0.2, 0.25) is 0 Å². The van der Waals surface area contributed by atoms with Crippen LogP contribution in [0.5, 0.6) is 0 Å². The van der Waals surface area contributed by atoms with Gasteiger partial charge in [-0.2, -0.15) is 0 Å². The van der Waals surface area contributed by atoms with Gasteiger partial charge in [-0.15, -0.1) is 0 Å². The lowest BCUT2D eigenvalue weighted by Crippen LogP contribution is -2.45. The lowest BCUT2D eigenvalue weighted by Gasteiger charge is -2.22. The highest BCUT2D eigenvalue weighted by molar-refractivity contribution is 5.76. The predicted octanol–water partition coefficient (Wildman–Crippen LogP) is 21.0. The molecule has 0 radical (unpaired) electrons. The van der Waals surface area contributed by atoms with Crippen LogP contribution in [-0.4, -0.2) is 47.4 Å². The lowest BCUT2D eigenvalue weighted by molar-refractivity contribution is -0.143. The molecule has 73 heavy (non-hydrogen) atoms. The standard InChI is InChI=1S/C67H129NO5/c1-3-5-7-9-11-13-15-17-19-21-22-23-24-25-26-28-31-35-39-43-47-51-55-59-65(70)64(63-69)68-66(71)60-56-52-48-44-40-36-32-29-27-30-34-38-42-46-50-54-58-62-73-67(72)61-57-53-49-45-41-37-33-20-18-16-14-12-10-8-6-4-2/h14,16,20,33,64-65,69-70H,3-13,15,17-19,21-32,34-63H2,1-2H3,(H,68,71)/b16-14-,33-20-. The molecule has 0 aromatic heterocycles. The van der Waals surface area contributed by atoms with Crippen LogP contribution < -0.4 is 5.32 Å². The Labute approximate surface area is 456 Å². The van der Waals surface area contributed by atoms with E-state index in [9.17, 15) is 19.8 Å². The van der Waals surface area contributed by atoms with Crippen LogP contribution in [0.25, 0.3) is 0 Å². The second-order valence-corrected chi connectivity index (χ2v) is 22.8. The Morgan fingerprint density at radius 1 is 0.384 bits per heavy atom. The maximum atomic E-state index is 12.5. The SMILES string of the molecule is CCCCCC/C=C\C/C=C\CCCCCCCC(=O)OCCCCCCCCCCCCCCCCCCCC(=O)NC(CO)C(O)CCCCCCCCCCCCCCCCCCCCCCCCC. The molecule has 2 atom stereocenters. The zero-order valence-corrected chi connectivity index (χ0v) is 49.4. The van der Waals surface area contributed by atoms with Crippen LogP contribution in [0.3, 0.4) is 0 Å². The van der Waals surface area contributed by atoms with Crippen molar-refractivity contribution in [3.8, 4) is 0 Å². The minimum Gasteiger partial charge on any atom is -0.466 e. The van der Waals surface area contributed by atoms with Crippen LogP contribution >= 0.6 is 0 Å². The van der Waals surface area contributed by atoms with Gasteiger partial charge in [0.05, 0.1) is 25.4 Å². The van der Waals surface area contributed by atoms with Crippen molar-refractivity contribution in [1.82, 2.24) is 5.32 Å². The second kappa shape index (κ2) is 62.9. The molecule has 0 fully saturated rings. The molecule has 1 amide bonds. The fourth-order valence-electron chi connectivity index (χ4n) is 10.4. The van der Waals surface area contributed by atoms with E-state index < -0.39 is 12.1 Å². The molecule has 0 aliphatic heterocycles. The molecule has 0 spiro atoms. The Hall–Kier alpha value is -1.66. The minimum atomic E-state index is -0.670. The van der Waals surface area contributed by atoms with Gasteiger partial charge in [0.2, 0.25) is 5.91 Å². The third kappa shape index (κ3) is 59.4. The van der Waals surface area contributed by atoms with Crippen LogP contribution in [0.15, 0.2) is 24.3 Å². The second-order valence-electron chi connectivity index (χ2n) is 22.8. The van der Waals surface area contributed by atoms with Gasteiger partial charge < -0.3 is 20.3 Å². The Kier molecular flexibility index (Phi) is 61.4. The van der Waals surface area contributed by atoms with E-state index in [4.69, 9.17) is 4.74 Å². The van der Waals surface area contributed by atoms with Gasteiger partial charge in [0.15, 0.2) is 0 Å². The maximum absolute atomic E-state index is 12.5. The van der Waals surface area contributed by atoms with E-state index in [1.807, 2.05) is 0 Å². The third-order valence-corrected chi connectivity index (χ3v) is 15.5. The van der Waals surface area contributed by atoms with Crippen molar-refractivity contribution in [3.63, 3.8) is 0 Å². The average molecular weight is 1030 g/mol. The van der Waals surface area contributed by atoms with Gasteiger partial charge >= 0.3 is 5.97 Å². The molecule has 6 heteroatoms. The highest BCUT2D eigenvalue weighted by atomic mass is 16.5. The zero-order valence-electron chi connectivity index (χ0n) is 49.4. The van der Waals surface area contributed by atoms with E-state index in [0.29, 0.717) is 25.9 Å². The molecule has 6 nitrogen and oxygen atoms in total. The summed E-state index contributed by atoms with van der Waals surface area (Å²) in [6.07, 6.45) is 77.6. The van der Waals surface area contributed by atoms with Gasteiger partial charge in [0, 0.05) is 12.8 Å². The number of rotatable bonds is 62. The summed E-state index contributed by atoms with van der Waals surface area (Å²) in [5.41, 5.74) is 0. The number of amides is 1. The topological polar surface area (TPSA) is 95.9 Å². The summed E-state index contributed by atoms with van der Waals surface area (Å²) in [4.78, 5) is 24.6. The van der Waals surface area contributed by atoms with E-state index in [0.717, 1.165) is 51.4 Å². The van der Waals surface area contributed by atoms with Crippen LogP contribution in [0.1, 0.15) is 367 Å². The molecule has 0 aliphatic carbocycles. The molecule has 0 aromatic rings. The molecule has 0 bridgehead atoms. The number of ether oxygens (including phenoxy) is 1. The van der Waals surface area contributed by atoms with Crippen molar-refractivity contribution in [3.05, 3.63) is 24.3 Å². The van der Waals surface area contributed by atoms with Crippen molar-refractivity contribution >= 4 is 11.9 Å². The molecule has 3 N–H and O–H groups in total. The third-order valence-electron chi connectivity index (χ3n) is 15.5. The van der Waals surface area contributed by atoms with Gasteiger partial charge in [0.1, 0.15) is 0 Å². The minimum absolute atomic E-state index is 0.00704. The first-order chi connectivity index (χ1) is 36.0. The van der Waals surface area contributed by atoms with Gasteiger partial charge in [-0.05, 0) is 57.8 Å². The molecular weight excluding hydrogens is 899 g/mol. The van der Waals surface area contributed by atoms with Gasteiger partial charge in [0.25, 0.3) is 0 Å². The van der Waals surface area contributed by atoms with Gasteiger partial charge in [-0.1, -0.05) is 321 Å². The molecule has 0 heterocycles. The number of aliphatic hydroxyl groups is 2. The number of carbonyl (C=O) groups excluding carboxylic acids is 2. The lowest BCUT2D eigenvalue weighted by atomic mass is 10.0. The number of nitrogens with one attached hydrogen (secondary N) is 1. The zero-order chi connectivity index (χ0) is 52.9. The maximum Gasteiger partial charge on any atom is 0.305 e. The number of allylic oxidation sites excluding steroid dienone is 4. The summed E-state index contributed by atoms with van der Waals surface area (Å²) in [6.45, 7) is 4.95. The van der Waals surface area contributed by atoms with E-state index >= 15 is 0 Å². The van der Waals surface area contributed by atoms with E-state index in [1.54, 1.807) is 0 Å². The molecule has 0 rings (SSSR count). The normalized spacial score (nSPS) is 12.7. The summed E-state index contributed by atoms with van der Waals surface area (Å²) in [5.74, 6) is -0.0436. The summed E-state index contributed by atoms with van der Waals surface area (Å²) in [5, 5.41) is 23.4. The Morgan fingerprint density at radius 3 is 1.05 bits per heavy atom. The Morgan fingerprint density at radius 2 is 0.685 bits per heavy atom. The van der Waals surface area contributed by atoms with Crippen molar-refractivity contribution < 1.29 is 24.5 Å². The number of unbranched alkanes of at least 4 members (excludes halogenated alkanes) is 47. The summed E-state index contributed by atoms with van der Waals surface area (Å²) < 4.78 is 5.48. The molecule has 0 saturated carbocycles. The van der Waals surface area contributed by atoms with Gasteiger partial charge in [-0.25, -0.2) is 0 Å². The fraction of sp³-hybridized carbons (Fsp3) is 0.910. The van der Waals surface area contributed by atoms with E-state index in [-0.39, 0.29) is 18.5 Å². The number of carbonyl (C=O) groups is 2. The molecule has 0 aliphatic rings. The summed E-state index contributed by atoms with van der Waals surface area (Å²) >= 11 is 0. The highest BCUT2D eigenvalue weighted by Gasteiger charge is 2.20. The van der Waals surface area contributed by atoms with E-state index in [2.05, 4.69) is 43.5 Å². The van der Waals surface area contributed by atoms with Crippen molar-refractivity contribution in [2.45, 2.75) is 379 Å². The van der Waals surface area contributed by atoms with Crippen LogP contribution in [0.4, 0.5) is 0 Å². The van der Waals surface area contributed by atoms with Gasteiger partial charge in [-0.3, -0.25) is 9.59 Å². The van der Waals surface area contributed by atoms with Crippen molar-refractivity contribution in [2.75, 3.05) is 13.2 Å². The van der Waals surface area contributed by atoms with Crippen LogP contribution in [-0.2, 0) is 14.3 Å². The summed E-state index contributed by atoms with van der Waals surface area (Å²) in [6, 6.07) is -0.547. The Balaban J connectivity index is 3.42.